The number of rotatable bonds is 2. The topological polar surface area (TPSA) is 50.4 Å². The lowest BCUT2D eigenvalue weighted by atomic mass is 9.88. The maximum Gasteiger partial charge on any atom is 0.252 e. The lowest BCUT2D eigenvalue weighted by Gasteiger charge is -2.40. The molecule has 2 rings (SSSR count). The van der Waals surface area contributed by atoms with E-state index in [2.05, 4.69) is 17.6 Å². The molecule has 4 heteroatoms. The number of carbonyl (C=O) groups is 1. The van der Waals surface area contributed by atoms with E-state index in [0.29, 0.717) is 6.61 Å². The van der Waals surface area contributed by atoms with Gasteiger partial charge in [-0.1, -0.05) is 0 Å². The Hall–Kier alpha value is -0.610. The molecule has 0 radical (unpaired) electrons. The van der Waals surface area contributed by atoms with Crippen LogP contribution >= 0.6 is 0 Å². The summed E-state index contributed by atoms with van der Waals surface area (Å²) in [5, 5.41) is 6.52. The zero-order valence-corrected chi connectivity index (χ0v) is 11.0. The van der Waals surface area contributed by atoms with Crippen molar-refractivity contribution in [2.24, 2.45) is 0 Å². The van der Waals surface area contributed by atoms with Gasteiger partial charge in [0, 0.05) is 12.1 Å². The summed E-state index contributed by atoms with van der Waals surface area (Å²) in [6.07, 6.45) is 4.99. The van der Waals surface area contributed by atoms with Crippen molar-refractivity contribution < 1.29 is 9.53 Å². The SMILES string of the molecule is CC1(NC(=O)[C@]2(C)CCCCO2)CCNCC1. The van der Waals surface area contributed by atoms with Gasteiger partial charge in [-0.15, -0.1) is 0 Å². The van der Waals surface area contributed by atoms with Crippen LogP contribution in [0.4, 0.5) is 0 Å². The summed E-state index contributed by atoms with van der Waals surface area (Å²) >= 11 is 0. The fourth-order valence-corrected chi connectivity index (χ4v) is 2.62. The molecule has 2 aliphatic heterocycles. The van der Waals surface area contributed by atoms with Gasteiger partial charge in [0.2, 0.25) is 0 Å². The van der Waals surface area contributed by atoms with Crippen LogP contribution < -0.4 is 10.6 Å². The predicted molar refractivity (Wildman–Crippen MR) is 66.9 cm³/mol. The Bertz CT molecular complexity index is 279. The van der Waals surface area contributed by atoms with Gasteiger partial charge in [0.15, 0.2) is 0 Å². The van der Waals surface area contributed by atoms with E-state index in [1.54, 1.807) is 0 Å². The molecule has 4 nitrogen and oxygen atoms in total. The first-order valence-electron chi connectivity index (χ1n) is 6.71. The maximum absolute atomic E-state index is 12.3. The normalized spacial score (nSPS) is 33.1. The summed E-state index contributed by atoms with van der Waals surface area (Å²) in [6.45, 7) is 6.73. The van der Waals surface area contributed by atoms with Crippen molar-refractivity contribution in [1.29, 1.82) is 0 Å². The van der Waals surface area contributed by atoms with Gasteiger partial charge >= 0.3 is 0 Å². The molecule has 98 valence electrons. The van der Waals surface area contributed by atoms with E-state index in [1.807, 2.05) is 6.92 Å². The third kappa shape index (κ3) is 2.99. The number of piperidine rings is 1. The number of amides is 1. The van der Waals surface area contributed by atoms with Crippen LogP contribution in [0.2, 0.25) is 0 Å². The third-order valence-electron chi connectivity index (χ3n) is 4.07. The van der Waals surface area contributed by atoms with Gasteiger partial charge in [0.1, 0.15) is 5.60 Å². The molecule has 1 amide bonds. The van der Waals surface area contributed by atoms with Crippen molar-refractivity contribution in [3.05, 3.63) is 0 Å². The quantitative estimate of drug-likeness (QED) is 0.762. The van der Waals surface area contributed by atoms with Gasteiger partial charge in [-0.25, -0.2) is 0 Å². The molecule has 0 unspecified atom stereocenters. The Morgan fingerprint density at radius 1 is 1.18 bits per heavy atom. The lowest BCUT2D eigenvalue weighted by Crippen LogP contribution is -2.58. The number of ether oxygens (including phenoxy) is 1. The summed E-state index contributed by atoms with van der Waals surface area (Å²) in [5.41, 5.74) is -0.668. The molecule has 0 saturated carbocycles. The van der Waals surface area contributed by atoms with Crippen molar-refractivity contribution in [3.63, 3.8) is 0 Å². The first-order valence-corrected chi connectivity index (χ1v) is 6.71. The molecule has 0 aromatic heterocycles. The molecule has 0 bridgehead atoms. The molecule has 2 aliphatic rings. The predicted octanol–water partition coefficient (Wildman–Crippen LogP) is 1.20. The average molecular weight is 240 g/mol. The molecule has 1 atom stereocenters. The highest BCUT2D eigenvalue weighted by molar-refractivity contribution is 5.85. The summed E-state index contributed by atoms with van der Waals surface area (Å²) in [5.74, 6) is 0.0709. The summed E-state index contributed by atoms with van der Waals surface area (Å²) in [4.78, 5) is 12.3. The lowest BCUT2D eigenvalue weighted by molar-refractivity contribution is -0.152. The highest BCUT2D eigenvalue weighted by atomic mass is 16.5. The van der Waals surface area contributed by atoms with Gasteiger partial charge in [-0.2, -0.15) is 0 Å². The summed E-state index contributed by atoms with van der Waals surface area (Å²) < 4.78 is 5.69. The molecular formula is C13H24N2O2. The van der Waals surface area contributed by atoms with Crippen molar-refractivity contribution in [2.45, 2.75) is 57.1 Å². The molecule has 0 aromatic rings. The second-order valence-corrected chi connectivity index (χ2v) is 5.80. The standard InChI is InChI=1S/C13H24N2O2/c1-12(6-8-14-9-7-12)15-11(16)13(2)5-3-4-10-17-13/h14H,3-10H2,1-2H3,(H,15,16)/t13-/m0/s1. The van der Waals surface area contributed by atoms with Gasteiger partial charge in [0.05, 0.1) is 0 Å². The smallest absolute Gasteiger partial charge is 0.252 e. The van der Waals surface area contributed by atoms with Crippen molar-refractivity contribution in [2.75, 3.05) is 19.7 Å². The minimum absolute atomic E-state index is 0.0633. The molecule has 2 saturated heterocycles. The number of hydrogen-bond acceptors (Lipinski definition) is 3. The van der Waals surface area contributed by atoms with Crippen LogP contribution in [0, 0.1) is 0 Å². The van der Waals surface area contributed by atoms with Crippen molar-refractivity contribution in [1.82, 2.24) is 10.6 Å². The highest BCUT2D eigenvalue weighted by Crippen LogP contribution is 2.26. The molecule has 0 aliphatic carbocycles. The van der Waals surface area contributed by atoms with Gasteiger partial charge in [-0.3, -0.25) is 4.79 Å². The van der Waals surface area contributed by atoms with E-state index in [9.17, 15) is 4.79 Å². The molecule has 2 N–H and O–H groups in total. The average Bonchev–Trinajstić information content (AvgIpc) is 2.30. The van der Waals surface area contributed by atoms with Crippen LogP contribution in [-0.2, 0) is 9.53 Å². The van der Waals surface area contributed by atoms with Crippen LogP contribution in [0.1, 0.15) is 46.0 Å². The molecule has 0 aromatic carbocycles. The number of carbonyl (C=O) groups excluding carboxylic acids is 1. The molecule has 17 heavy (non-hydrogen) atoms. The van der Waals surface area contributed by atoms with Gasteiger partial charge in [-0.05, 0) is 59.0 Å². The monoisotopic (exact) mass is 240 g/mol. The first kappa shape index (κ1) is 12.8. The van der Waals surface area contributed by atoms with Crippen LogP contribution in [0.3, 0.4) is 0 Å². The second-order valence-electron chi connectivity index (χ2n) is 5.80. The van der Waals surface area contributed by atoms with Crippen LogP contribution in [0.15, 0.2) is 0 Å². The number of nitrogens with one attached hydrogen (secondary N) is 2. The van der Waals surface area contributed by atoms with E-state index in [1.165, 1.54) is 0 Å². The van der Waals surface area contributed by atoms with E-state index in [-0.39, 0.29) is 11.4 Å². The molecule has 2 fully saturated rings. The summed E-state index contributed by atoms with van der Waals surface area (Å²) in [7, 11) is 0. The maximum atomic E-state index is 12.3. The fraction of sp³-hybridized carbons (Fsp3) is 0.923. The molecular weight excluding hydrogens is 216 g/mol. The largest absolute Gasteiger partial charge is 0.365 e. The second kappa shape index (κ2) is 4.94. The van der Waals surface area contributed by atoms with E-state index in [0.717, 1.165) is 45.2 Å². The van der Waals surface area contributed by atoms with Gasteiger partial charge in [0.25, 0.3) is 5.91 Å². The third-order valence-corrected chi connectivity index (χ3v) is 4.07. The van der Waals surface area contributed by atoms with Gasteiger partial charge < -0.3 is 15.4 Å². The minimum atomic E-state index is -0.605. The fourth-order valence-electron chi connectivity index (χ4n) is 2.62. The van der Waals surface area contributed by atoms with Crippen LogP contribution in [0.25, 0.3) is 0 Å². The zero-order valence-electron chi connectivity index (χ0n) is 11.0. The Morgan fingerprint density at radius 2 is 1.88 bits per heavy atom. The summed E-state index contributed by atoms with van der Waals surface area (Å²) in [6, 6.07) is 0. The first-order chi connectivity index (χ1) is 8.04. The van der Waals surface area contributed by atoms with Crippen LogP contribution in [-0.4, -0.2) is 36.7 Å². The van der Waals surface area contributed by atoms with E-state index < -0.39 is 5.60 Å². The van der Waals surface area contributed by atoms with Crippen molar-refractivity contribution in [3.8, 4) is 0 Å². The zero-order chi connectivity index (χ0) is 12.4. The Morgan fingerprint density at radius 3 is 2.47 bits per heavy atom. The van der Waals surface area contributed by atoms with Crippen molar-refractivity contribution >= 4 is 5.91 Å². The van der Waals surface area contributed by atoms with Crippen LogP contribution in [0.5, 0.6) is 0 Å². The van der Waals surface area contributed by atoms with E-state index >= 15 is 0 Å². The Labute approximate surface area is 103 Å². The minimum Gasteiger partial charge on any atom is -0.365 e. The Kier molecular flexibility index (Phi) is 3.73. The highest BCUT2D eigenvalue weighted by Gasteiger charge is 2.39. The Balaban J connectivity index is 1.95. The molecule has 2 heterocycles. The van der Waals surface area contributed by atoms with E-state index in [4.69, 9.17) is 4.74 Å². The number of hydrogen-bond donors (Lipinski definition) is 2. The molecule has 0 spiro atoms.